The zero-order valence-electron chi connectivity index (χ0n) is 10.0. The molecule has 2 heterocycles. The number of rotatable bonds is 2. The van der Waals surface area contributed by atoms with Gasteiger partial charge in [0, 0.05) is 13.1 Å². The molecule has 0 bridgehead atoms. The fraction of sp³-hybridized carbons (Fsp3) is 0.500. The Bertz CT molecular complexity index is 432. The van der Waals surface area contributed by atoms with E-state index in [0.717, 1.165) is 6.54 Å². The first kappa shape index (κ1) is 11.9. The van der Waals surface area contributed by atoms with E-state index >= 15 is 0 Å². The number of carboxylic acids is 1. The van der Waals surface area contributed by atoms with E-state index in [1.54, 1.807) is 6.07 Å². The Morgan fingerprint density at radius 2 is 2.29 bits per heavy atom. The van der Waals surface area contributed by atoms with Crippen molar-refractivity contribution in [3.05, 3.63) is 23.9 Å². The summed E-state index contributed by atoms with van der Waals surface area (Å²) < 4.78 is 5.61. The third kappa shape index (κ3) is 2.74. The minimum Gasteiger partial charge on any atom is -0.477 e. The Morgan fingerprint density at radius 3 is 2.94 bits per heavy atom. The molecular formula is C12H16N2O3. The summed E-state index contributed by atoms with van der Waals surface area (Å²) in [6.45, 7) is 6.11. The van der Waals surface area contributed by atoms with Crippen molar-refractivity contribution in [3.8, 4) is 0 Å². The highest BCUT2D eigenvalue weighted by Gasteiger charge is 2.28. The van der Waals surface area contributed by atoms with Crippen LogP contribution in [0.3, 0.4) is 0 Å². The molecule has 1 fully saturated rings. The molecule has 17 heavy (non-hydrogen) atoms. The molecule has 0 aromatic carbocycles. The van der Waals surface area contributed by atoms with Gasteiger partial charge in [0.25, 0.3) is 0 Å². The minimum atomic E-state index is -1.00. The molecule has 0 aliphatic carbocycles. The third-order valence-electron chi connectivity index (χ3n) is 2.70. The lowest BCUT2D eigenvalue weighted by Gasteiger charge is -2.38. The molecule has 2 rings (SSSR count). The maximum Gasteiger partial charge on any atom is 0.354 e. The number of anilines is 1. The average molecular weight is 236 g/mol. The van der Waals surface area contributed by atoms with Crippen LogP contribution in [-0.4, -0.2) is 41.4 Å². The largest absolute Gasteiger partial charge is 0.477 e. The summed E-state index contributed by atoms with van der Waals surface area (Å²) in [4.78, 5) is 17.0. The minimum absolute atomic E-state index is 0.0757. The van der Waals surface area contributed by atoms with Crippen LogP contribution in [0.25, 0.3) is 0 Å². The van der Waals surface area contributed by atoms with Gasteiger partial charge < -0.3 is 14.7 Å². The predicted octanol–water partition coefficient (Wildman–Crippen LogP) is 1.40. The normalized spacial score (nSPS) is 19.1. The number of hydrogen-bond donors (Lipinski definition) is 1. The van der Waals surface area contributed by atoms with E-state index in [0.29, 0.717) is 19.0 Å². The van der Waals surface area contributed by atoms with E-state index in [2.05, 4.69) is 9.88 Å². The van der Waals surface area contributed by atoms with E-state index in [1.165, 1.54) is 6.07 Å². The Labute approximate surface area is 100 Å². The van der Waals surface area contributed by atoms with Crippen molar-refractivity contribution in [2.75, 3.05) is 24.6 Å². The maximum atomic E-state index is 10.9. The number of nitrogens with zero attached hydrogens (tertiary/aromatic N) is 2. The molecule has 1 saturated heterocycles. The van der Waals surface area contributed by atoms with Gasteiger partial charge in [-0.05, 0) is 26.0 Å². The van der Waals surface area contributed by atoms with Crippen molar-refractivity contribution in [2.45, 2.75) is 19.4 Å². The second-order valence-corrected chi connectivity index (χ2v) is 4.72. The van der Waals surface area contributed by atoms with E-state index in [-0.39, 0.29) is 11.3 Å². The molecule has 0 unspecified atom stereocenters. The number of hydrogen-bond acceptors (Lipinski definition) is 4. The molecule has 5 nitrogen and oxygen atoms in total. The number of aromatic nitrogens is 1. The van der Waals surface area contributed by atoms with Crippen molar-refractivity contribution in [2.24, 2.45) is 0 Å². The Kier molecular flexibility index (Phi) is 3.02. The fourth-order valence-electron chi connectivity index (χ4n) is 1.93. The number of aromatic carboxylic acids is 1. The van der Waals surface area contributed by atoms with Crippen LogP contribution < -0.4 is 4.90 Å². The van der Waals surface area contributed by atoms with Gasteiger partial charge in [-0.2, -0.15) is 0 Å². The monoisotopic (exact) mass is 236 g/mol. The first-order chi connectivity index (χ1) is 7.98. The van der Waals surface area contributed by atoms with Crippen LogP contribution in [0.5, 0.6) is 0 Å². The van der Waals surface area contributed by atoms with Crippen LogP contribution in [0.2, 0.25) is 0 Å². The van der Waals surface area contributed by atoms with Gasteiger partial charge in [-0.3, -0.25) is 0 Å². The lowest BCUT2D eigenvalue weighted by molar-refractivity contribution is -0.0279. The Morgan fingerprint density at radius 1 is 1.53 bits per heavy atom. The van der Waals surface area contributed by atoms with Gasteiger partial charge in [-0.15, -0.1) is 0 Å². The summed E-state index contributed by atoms with van der Waals surface area (Å²) in [5.41, 5.74) is -0.147. The van der Waals surface area contributed by atoms with E-state index in [9.17, 15) is 4.79 Å². The van der Waals surface area contributed by atoms with Crippen molar-refractivity contribution in [1.29, 1.82) is 0 Å². The zero-order chi connectivity index (χ0) is 12.5. The summed E-state index contributed by atoms with van der Waals surface area (Å²) in [6, 6.07) is 5.04. The molecule has 1 aromatic rings. The van der Waals surface area contributed by atoms with Gasteiger partial charge in [0.15, 0.2) is 5.69 Å². The van der Waals surface area contributed by atoms with E-state index in [4.69, 9.17) is 9.84 Å². The molecule has 5 heteroatoms. The first-order valence-electron chi connectivity index (χ1n) is 5.57. The summed E-state index contributed by atoms with van der Waals surface area (Å²) in [7, 11) is 0. The molecule has 0 radical (unpaired) electrons. The topological polar surface area (TPSA) is 62.7 Å². The van der Waals surface area contributed by atoms with E-state index < -0.39 is 5.97 Å². The van der Waals surface area contributed by atoms with Gasteiger partial charge in [0.2, 0.25) is 0 Å². The highest BCUT2D eigenvalue weighted by atomic mass is 16.5. The lowest BCUT2D eigenvalue weighted by Crippen LogP contribution is -2.48. The zero-order valence-corrected chi connectivity index (χ0v) is 10.0. The van der Waals surface area contributed by atoms with Crippen molar-refractivity contribution < 1.29 is 14.6 Å². The van der Waals surface area contributed by atoms with Crippen LogP contribution in [0, 0.1) is 0 Å². The van der Waals surface area contributed by atoms with Crippen LogP contribution in [0.4, 0.5) is 5.82 Å². The van der Waals surface area contributed by atoms with Crippen LogP contribution >= 0.6 is 0 Å². The summed E-state index contributed by atoms with van der Waals surface area (Å²) in [5.74, 6) is -0.305. The van der Waals surface area contributed by atoms with Crippen molar-refractivity contribution in [1.82, 2.24) is 4.98 Å². The number of carboxylic acid groups (broad SMARTS) is 1. The van der Waals surface area contributed by atoms with Crippen molar-refractivity contribution >= 4 is 11.8 Å². The number of ether oxygens (including phenoxy) is 1. The van der Waals surface area contributed by atoms with Crippen LogP contribution in [0.1, 0.15) is 24.3 Å². The quantitative estimate of drug-likeness (QED) is 0.840. The van der Waals surface area contributed by atoms with Crippen molar-refractivity contribution in [3.63, 3.8) is 0 Å². The second kappa shape index (κ2) is 4.33. The van der Waals surface area contributed by atoms with Crippen LogP contribution in [-0.2, 0) is 4.74 Å². The highest BCUT2D eigenvalue weighted by Crippen LogP contribution is 2.21. The molecule has 0 amide bonds. The SMILES string of the molecule is CC1(C)CN(c2cccc(C(=O)O)n2)CCO1. The summed E-state index contributed by atoms with van der Waals surface area (Å²) in [6.07, 6.45) is 0. The van der Waals surface area contributed by atoms with Crippen LogP contribution in [0.15, 0.2) is 18.2 Å². The molecular weight excluding hydrogens is 220 g/mol. The lowest BCUT2D eigenvalue weighted by atomic mass is 10.1. The fourth-order valence-corrected chi connectivity index (χ4v) is 1.93. The Balaban J connectivity index is 2.22. The molecule has 1 aliphatic heterocycles. The smallest absolute Gasteiger partial charge is 0.354 e. The average Bonchev–Trinajstić information content (AvgIpc) is 2.28. The Hall–Kier alpha value is -1.62. The van der Waals surface area contributed by atoms with E-state index in [1.807, 2.05) is 19.9 Å². The van der Waals surface area contributed by atoms with Gasteiger partial charge in [-0.1, -0.05) is 6.07 Å². The number of morpholine rings is 1. The summed E-state index contributed by atoms with van der Waals surface area (Å²) in [5, 5.41) is 8.90. The van der Waals surface area contributed by atoms with Gasteiger partial charge in [-0.25, -0.2) is 9.78 Å². The maximum absolute atomic E-state index is 10.9. The molecule has 0 saturated carbocycles. The molecule has 1 N–H and O–H groups in total. The predicted molar refractivity (Wildman–Crippen MR) is 63.4 cm³/mol. The number of carbonyl (C=O) groups is 1. The second-order valence-electron chi connectivity index (χ2n) is 4.72. The molecule has 0 atom stereocenters. The summed E-state index contributed by atoms with van der Waals surface area (Å²) >= 11 is 0. The standard InChI is InChI=1S/C12H16N2O3/c1-12(2)8-14(6-7-17-12)10-5-3-4-9(13-10)11(15)16/h3-5H,6-8H2,1-2H3,(H,15,16). The molecule has 0 spiro atoms. The van der Waals surface area contributed by atoms with Gasteiger partial charge in [0.1, 0.15) is 5.82 Å². The van der Waals surface area contributed by atoms with Gasteiger partial charge >= 0.3 is 5.97 Å². The first-order valence-corrected chi connectivity index (χ1v) is 5.57. The third-order valence-corrected chi connectivity index (χ3v) is 2.70. The molecule has 92 valence electrons. The molecule has 1 aromatic heterocycles. The molecule has 1 aliphatic rings. The van der Waals surface area contributed by atoms with Gasteiger partial charge in [0.05, 0.1) is 12.2 Å². The number of pyridine rings is 1. The highest BCUT2D eigenvalue weighted by molar-refractivity contribution is 5.85.